The highest BCUT2D eigenvalue weighted by molar-refractivity contribution is 5.94. The largest absolute Gasteiger partial charge is 0.480 e. The molecule has 1 heterocycles. The summed E-state index contributed by atoms with van der Waals surface area (Å²) >= 11 is 0. The number of carboxylic acid groups (broad SMARTS) is 1. The molecule has 2 rings (SSSR count). The molecule has 5 unspecified atom stereocenters. The number of carbonyl (C=O) groups is 4. The second kappa shape index (κ2) is 15.6. The van der Waals surface area contributed by atoms with Crippen molar-refractivity contribution in [2.75, 3.05) is 6.54 Å². The first-order valence-electron chi connectivity index (χ1n) is 13.5. The predicted molar refractivity (Wildman–Crippen MR) is 154 cm³/mol. The molecule has 0 saturated carbocycles. The summed E-state index contributed by atoms with van der Waals surface area (Å²) in [4.78, 5) is 58.2. The fourth-order valence-corrected chi connectivity index (χ4v) is 4.23. The second-order valence-electron chi connectivity index (χ2n) is 10.4. The summed E-state index contributed by atoms with van der Waals surface area (Å²) in [5.74, 6) is -3.50. The van der Waals surface area contributed by atoms with Gasteiger partial charge in [-0.2, -0.15) is 0 Å². The van der Waals surface area contributed by atoms with Crippen molar-refractivity contribution in [3.05, 3.63) is 36.0 Å². The number of aromatic amines is 1. The summed E-state index contributed by atoms with van der Waals surface area (Å²) in [6.45, 7) is 5.23. The molecule has 41 heavy (non-hydrogen) atoms. The van der Waals surface area contributed by atoms with Gasteiger partial charge >= 0.3 is 5.97 Å². The summed E-state index contributed by atoms with van der Waals surface area (Å²) in [6.07, 6.45) is 1.19. The van der Waals surface area contributed by atoms with Crippen molar-refractivity contribution in [3.63, 3.8) is 0 Å². The van der Waals surface area contributed by atoms with Gasteiger partial charge < -0.3 is 48.3 Å². The molecule has 14 nitrogen and oxygen atoms in total. The quantitative estimate of drug-likeness (QED) is 0.0680. The van der Waals surface area contributed by atoms with Gasteiger partial charge in [0.15, 0.2) is 5.96 Å². The van der Waals surface area contributed by atoms with Crippen LogP contribution in [0.4, 0.5) is 0 Å². The van der Waals surface area contributed by atoms with E-state index in [1.807, 2.05) is 38.1 Å². The topological polar surface area (TPSA) is 251 Å². The fourth-order valence-electron chi connectivity index (χ4n) is 4.23. The van der Waals surface area contributed by atoms with E-state index in [9.17, 15) is 29.4 Å². The number of nitrogens with two attached hydrogens (primary N) is 3. The number of guanidine groups is 1. The number of nitrogens with zero attached hydrogens (tertiary/aromatic N) is 1. The van der Waals surface area contributed by atoms with Crippen LogP contribution >= 0.6 is 0 Å². The van der Waals surface area contributed by atoms with Crippen LogP contribution in [-0.2, 0) is 25.6 Å². The number of aromatic nitrogens is 1. The van der Waals surface area contributed by atoms with E-state index < -0.39 is 54.0 Å². The molecule has 0 saturated heterocycles. The van der Waals surface area contributed by atoms with Gasteiger partial charge in [-0.05, 0) is 43.7 Å². The molecule has 0 aliphatic heterocycles. The molecule has 226 valence electrons. The highest BCUT2D eigenvalue weighted by Gasteiger charge is 2.31. The number of nitrogens with one attached hydrogen (secondary N) is 4. The number of aliphatic imine (C=N–C) groups is 1. The molecule has 0 spiro atoms. The minimum atomic E-state index is -1.28. The lowest BCUT2D eigenvalue weighted by Crippen LogP contribution is -2.58. The lowest BCUT2D eigenvalue weighted by molar-refractivity contribution is -0.142. The van der Waals surface area contributed by atoms with Crippen molar-refractivity contribution >= 4 is 40.6 Å². The Hall–Kier alpha value is -4.17. The van der Waals surface area contributed by atoms with Gasteiger partial charge in [-0.25, -0.2) is 4.79 Å². The number of aliphatic hydroxyl groups excluding tert-OH is 1. The Morgan fingerprint density at radius 2 is 1.56 bits per heavy atom. The first-order chi connectivity index (χ1) is 19.3. The van der Waals surface area contributed by atoms with Crippen molar-refractivity contribution in [2.45, 2.75) is 76.7 Å². The standard InChI is InChI=1S/C27H42N8O6/c1-14(2)11-20(24(38)35-21(26(40)41)12-16-13-32-18-8-5-4-7-17(16)18)34-23(37)19(9-6-10-31-27(29)30)33-25(39)22(28)15(3)36/h4-5,7-8,13-15,19-22,32,36H,6,9-12,28H2,1-3H3,(H,33,39)(H,34,37)(H,35,38)(H,40,41)(H4,29,30,31). The summed E-state index contributed by atoms with van der Waals surface area (Å²) in [6, 6.07) is 2.67. The Balaban J connectivity index is 2.20. The molecule has 1 aromatic heterocycles. The minimum absolute atomic E-state index is 0.0220. The zero-order valence-corrected chi connectivity index (χ0v) is 23.6. The molecule has 3 amide bonds. The number of rotatable bonds is 16. The summed E-state index contributed by atoms with van der Waals surface area (Å²) in [7, 11) is 0. The van der Waals surface area contributed by atoms with E-state index in [4.69, 9.17) is 17.2 Å². The zero-order chi connectivity index (χ0) is 30.7. The average Bonchev–Trinajstić information content (AvgIpc) is 3.31. The maximum atomic E-state index is 13.3. The molecule has 0 bridgehead atoms. The molecule has 2 aromatic rings. The monoisotopic (exact) mass is 574 g/mol. The number of hydrogen-bond donors (Lipinski definition) is 9. The molecular weight excluding hydrogens is 532 g/mol. The van der Waals surface area contributed by atoms with Crippen molar-refractivity contribution < 1.29 is 29.4 Å². The number of aliphatic hydroxyl groups is 1. The van der Waals surface area contributed by atoms with E-state index >= 15 is 0 Å². The van der Waals surface area contributed by atoms with E-state index in [0.717, 1.165) is 16.5 Å². The van der Waals surface area contributed by atoms with E-state index in [0.29, 0.717) is 6.42 Å². The van der Waals surface area contributed by atoms with Crippen LogP contribution in [0.15, 0.2) is 35.5 Å². The molecule has 14 heteroatoms. The molecule has 0 fully saturated rings. The highest BCUT2D eigenvalue weighted by Crippen LogP contribution is 2.19. The van der Waals surface area contributed by atoms with Crippen molar-refractivity contribution in [3.8, 4) is 0 Å². The third kappa shape index (κ3) is 10.4. The van der Waals surface area contributed by atoms with E-state index in [1.54, 1.807) is 6.20 Å². The Morgan fingerprint density at radius 1 is 0.951 bits per heavy atom. The number of carbonyl (C=O) groups excluding carboxylic acids is 3. The Morgan fingerprint density at radius 3 is 2.17 bits per heavy atom. The summed E-state index contributed by atoms with van der Waals surface area (Å²) in [5, 5.41) is 28.1. The maximum absolute atomic E-state index is 13.3. The lowest BCUT2D eigenvalue weighted by atomic mass is 10.0. The van der Waals surface area contributed by atoms with E-state index in [1.165, 1.54) is 6.92 Å². The van der Waals surface area contributed by atoms with E-state index in [-0.39, 0.29) is 37.7 Å². The smallest absolute Gasteiger partial charge is 0.326 e. The number of H-pyrrole nitrogens is 1. The average molecular weight is 575 g/mol. The molecule has 0 aliphatic rings. The molecule has 12 N–H and O–H groups in total. The predicted octanol–water partition coefficient (Wildman–Crippen LogP) is -0.943. The van der Waals surface area contributed by atoms with Gasteiger partial charge in [0.1, 0.15) is 24.2 Å². The SMILES string of the molecule is CC(C)CC(NC(=O)C(CCCN=C(N)N)NC(=O)C(N)C(C)O)C(=O)NC(Cc1c[nH]c2ccccc12)C(=O)O. The first-order valence-corrected chi connectivity index (χ1v) is 13.5. The Bertz CT molecular complexity index is 1220. The van der Waals surface area contributed by atoms with Crippen LogP contribution in [0.3, 0.4) is 0 Å². The van der Waals surface area contributed by atoms with Gasteiger partial charge in [0, 0.05) is 30.1 Å². The number of hydrogen-bond acceptors (Lipinski definition) is 7. The second-order valence-corrected chi connectivity index (χ2v) is 10.4. The lowest BCUT2D eigenvalue weighted by Gasteiger charge is -2.26. The number of aliphatic carboxylic acids is 1. The Labute approximate surface area is 238 Å². The van der Waals surface area contributed by atoms with Gasteiger partial charge in [-0.1, -0.05) is 32.0 Å². The van der Waals surface area contributed by atoms with Crippen LogP contribution in [-0.4, -0.2) is 81.7 Å². The van der Waals surface area contributed by atoms with Crippen LogP contribution in [0, 0.1) is 5.92 Å². The number of amides is 3. The molecular formula is C27H42N8O6. The first kappa shape index (κ1) is 33.0. The van der Waals surface area contributed by atoms with Crippen LogP contribution in [0.25, 0.3) is 10.9 Å². The number of fused-ring (bicyclic) bond motifs is 1. The van der Waals surface area contributed by atoms with Crippen LogP contribution in [0.1, 0.15) is 45.6 Å². The van der Waals surface area contributed by atoms with Gasteiger partial charge in [0.05, 0.1) is 6.10 Å². The van der Waals surface area contributed by atoms with Gasteiger partial charge in [0.25, 0.3) is 0 Å². The summed E-state index contributed by atoms with van der Waals surface area (Å²) in [5.41, 5.74) is 18.0. The number of benzene rings is 1. The van der Waals surface area contributed by atoms with Crippen LogP contribution in [0.2, 0.25) is 0 Å². The van der Waals surface area contributed by atoms with Crippen molar-refractivity contribution in [2.24, 2.45) is 28.1 Å². The normalized spacial score (nSPS) is 14.9. The third-order valence-electron chi connectivity index (χ3n) is 6.45. The van der Waals surface area contributed by atoms with Crippen molar-refractivity contribution in [1.82, 2.24) is 20.9 Å². The number of carboxylic acids is 1. The summed E-state index contributed by atoms with van der Waals surface area (Å²) < 4.78 is 0. The van der Waals surface area contributed by atoms with Crippen LogP contribution < -0.4 is 33.2 Å². The Kier molecular flexibility index (Phi) is 12.5. The van der Waals surface area contributed by atoms with Gasteiger partial charge in [0.2, 0.25) is 17.7 Å². The number of para-hydroxylation sites is 1. The molecule has 0 radical (unpaired) electrons. The highest BCUT2D eigenvalue weighted by atomic mass is 16.4. The van der Waals surface area contributed by atoms with Crippen LogP contribution in [0.5, 0.6) is 0 Å². The van der Waals surface area contributed by atoms with Crippen molar-refractivity contribution in [1.29, 1.82) is 0 Å². The third-order valence-corrected chi connectivity index (χ3v) is 6.45. The van der Waals surface area contributed by atoms with E-state index in [2.05, 4.69) is 25.9 Å². The van der Waals surface area contributed by atoms with Gasteiger partial charge in [-0.15, -0.1) is 0 Å². The molecule has 5 atom stereocenters. The fraction of sp³-hybridized carbons (Fsp3) is 0.519. The maximum Gasteiger partial charge on any atom is 0.326 e. The molecule has 1 aromatic carbocycles. The minimum Gasteiger partial charge on any atom is -0.480 e. The zero-order valence-electron chi connectivity index (χ0n) is 23.6. The van der Waals surface area contributed by atoms with Gasteiger partial charge in [-0.3, -0.25) is 19.4 Å². The molecule has 0 aliphatic carbocycles.